The molecule has 204 valence electrons. The van der Waals surface area contributed by atoms with Crippen molar-refractivity contribution in [3.8, 4) is 16.9 Å². The van der Waals surface area contributed by atoms with Crippen molar-refractivity contribution in [2.24, 2.45) is 0 Å². The number of hydrogen-bond donors (Lipinski definition) is 1. The first-order valence-corrected chi connectivity index (χ1v) is 13.0. The number of carbonyl (C=O) groups is 2. The number of carboxylic acid groups (broad SMARTS) is 1. The normalized spacial score (nSPS) is 19.7. The van der Waals surface area contributed by atoms with E-state index in [1.807, 2.05) is 19.1 Å². The second kappa shape index (κ2) is 11.0. The van der Waals surface area contributed by atoms with E-state index in [1.54, 1.807) is 30.3 Å². The van der Waals surface area contributed by atoms with E-state index in [-0.39, 0.29) is 17.7 Å². The minimum atomic E-state index is -1.03. The van der Waals surface area contributed by atoms with Crippen LogP contribution in [0.3, 0.4) is 0 Å². The standard InChI is InChI=1S/C30H30F2N2O5/c1-2-38-25-10-6-20(7-11-25)22-16-23(27(32)26(31)17-22)18-33-14-3-12-30(13-15-33)19-34(29(37)39-30)24-8-4-21(5-9-24)28(35)36/h4-11,16-17H,2-3,12-15,18-19H2,1H3,(H,35,36). The van der Waals surface area contributed by atoms with Gasteiger partial charge in [-0.1, -0.05) is 12.1 Å². The molecule has 2 saturated heterocycles. The van der Waals surface area contributed by atoms with Gasteiger partial charge in [-0.05, 0) is 86.0 Å². The van der Waals surface area contributed by atoms with Gasteiger partial charge in [0.05, 0.1) is 18.7 Å². The van der Waals surface area contributed by atoms with Crippen molar-refractivity contribution in [2.75, 3.05) is 31.1 Å². The van der Waals surface area contributed by atoms with Gasteiger partial charge in [0.1, 0.15) is 11.4 Å². The van der Waals surface area contributed by atoms with Crippen molar-refractivity contribution in [2.45, 2.75) is 38.3 Å². The molecule has 0 aromatic heterocycles. The summed E-state index contributed by atoms with van der Waals surface area (Å²) < 4.78 is 40.8. The second-order valence-corrected chi connectivity index (χ2v) is 10.0. The van der Waals surface area contributed by atoms with Crippen LogP contribution in [-0.2, 0) is 11.3 Å². The number of rotatable bonds is 7. The maximum Gasteiger partial charge on any atom is 0.415 e. The smallest absolute Gasteiger partial charge is 0.415 e. The van der Waals surface area contributed by atoms with Crippen LogP contribution in [-0.4, -0.2) is 53.9 Å². The van der Waals surface area contributed by atoms with Gasteiger partial charge in [0.25, 0.3) is 0 Å². The summed E-state index contributed by atoms with van der Waals surface area (Å²) in [4.78, 5) is 27.5. The summed E-state index contributed by atoms with van der Waals surface area (Å²) in [6.07, 6.45) is 1.44. The minimum absolute atomic E-state index is 0.140. The Labute approximate surface area is 225 Å². The molecule has 0 aliphatic carbocycles. The molecular weight excluding hydrogens is 506 g/mol. The summed E-state index contributed by atoms with van der Waals surface area (Å²) in [5.41, 5.74) is 1.66. The topological polar surface area (TPSA) is 79.3 Å². The molecule has 1 spiro atoms. The third-order valence-corrected chi connectivity index (χ3v) is 7.38. The average molecular weight is 537 g/mol. The maximum atomic E-state index is 14.8. The highest BCUT2D eigenvalue weighted by molar-refractivity contribution is 5.92. The zero-order chi connectivity index (χ0) is 27.6. The first-order valence-electron chi connectivity index (χ1n) is 13.0. The van der Waals surface area contributed by atoms with Crippen LogP contribution < -0.4 is 9.64 Å². The van der Waals surface area contributed by atoms with Gasteiger partial charge < -0.3 is 14.6 Å². The number of ether oxygens (including phenoxy) is 2. The van der Waals surface area contributed by atoms with Crippen LogP contribution in [0, 0.1) is 11.6 Å². The molecule has 2 aliphatic heterocycles. The van der Waals surface area contributed by atoms with Crippen molar-refractivity contribution in [3.05, 3.63) is 83.4 Å². The summed E-state index contributed by atoms with van der Waals surface area (Å²) in [5, 5.41) is 9.13. The van der Waals surface area contributed by atoms with Crippen LogP contribution >= 0.6 is 0 Å². The molecule has 7 nitrogen and oxygen atoms in total. The number of carbonyl (C=O) groups excluding carboxylic acids is 1. The molecule has 0 bridgehead atoms. The van der Waals surface area contributed by atoms with Crippen LogP contribution in [0.15, 0.2) is 60.7 Å². The fraction of sp³-hybridized carbons (Fsp3) is 0.333. The molecule has 3 aromatic rings. The van der Waals surface area contributed by atoms with Crippen molar-refractivity contribution < 1.29 is 33.0 Å². The molecule has 39 heavy (non-hydrogen) atoms. The Morgan fingerprint density at radius 3 is 2.46 bits per heavy atom. The van der Waals surface area contributed by atoms with Crippen LogP contribution in [0.5, 0.6) is 5.75 Å². The van der Waals surface area contributed by atoms with Crippen molar-refractivity contribution in [1.29, 1.82) is 0 Å². The summed E-state index contributed by atoms with van der Waals surface area (Å²) in [6, 6.07) is 16.3. The summed E-state index contributed by atoms with van der Waals surface area (Å²) in [5.74, 6) is -2.07. The van der Waals surface area contributed by atoms with E-state index < -0.39 is 29.3 Å². The zero-order valence-electron chi connectivity index (χ0n) is 21.7. The van der Waals surface area contributed by atoms with Gasteiger partial charge in [-0.2, -0.15) is 0 Å². The maximum absolute atomic E-state index is 14.8. The first kappa shape index (κ1) is 26.6. The number of likely N-dealkylation sites (tertiary alicyclic amines) is 1. The molecule has 0 radical (unpaired) electrons. The summed E-state index contributed by atoms with van der Waals surface area (Å²) in [7, 11) is 0. The van der Waals surface area contributed by atoms with Crippen molar-refractivity contribution in [3.63, 3.8) is 0 Å². The van der Waals surface area contributed by atoms with E-state index in [4.69, 9.17) is 14.6 Å². The third-order valence-electron chi connectivity index (χ3n) is 7.38. The van der Waals surface area contributed by atoms with Gasteiger partial charge in [-0.15, -0.1) is 0 Å². The lowest BCUT2D eigenvalue weighted by atomic mass is 9.94. The van der Waals surface area contributed by atoms with Crippen LogP contribution in [0.4, 0.5) is 19.3 Å². The second-order valence-electron chi connectivity index (χ2n) is 10.0. The lowest BCUT2D eigenvalue weighted by Gasteiger charge is -2.26. The Hall–Kier alpha value is -3.98. The molecule has 1 unspecified atom stereocenters. The Morgan fingerprint density at radius 1 is 1.03 bits per heavy atom. The average Bonchev–Trinajstić information content (AvgIpc) is 3.13. The van der Waals surface area contributed by atoms with Gasteiger partial charge in [0.2, 0.25) is 0 Å². The molecule has 1 atom stereocenters. The minimum Gasteiger partial charge on any atom is -0.494 e. The highest BCUT2D eigenvalue weighted by Gasteiger charge is 2.46. The molecule has 1 N–H and O–H groups in total. The SMILES string of the molecule is CCOc1ccc(-c2cc(F)c(F)c(CN3CCCC4(CC3)CN(c3ccc(C(=O)O)cc3)C(=O)O4)c2)cc1. The van der Waals surface area contributed by atoms with Crippen LogP contribution in [0.25, 0.3) is 11.1 Å². The van der Waals surface area contributed by atoms with Crippen molar-refractivity contribution >= 4 is 17.7 Å². The molecule has 2 fully saturated rings. The monoisotopic (exact) mass is 536 g/mol. The lowest BCUT2D eigenvalue weighted by Crippen LogP contribution is -2.36. The first-order chi connectivity index (χ1) is 18.8. The Morgan fingerprint density at radius 2 is 1.77 bits per heavy atom. The fourth-order valence-corrected chi connectivity index (χ4v) is 5.33. The Bertz CT molecular complexity index is 1360. The van der Waals surface area contributed by atoms with Crippen molar-refractivity contribution in [1.82, 2.24) is 4.90 Å². The predicted molar refractivity (Wildman–Crippen MR) is 142 cm³/mol. The summed E-state index contributed by atoms with van der Waals surface area (Å²) in [6.45, 7) is 4.23. The van der Waals surface area contributed by atoms with Crippen LogP contribution in [0.1, 0.15) is 42.1 Å². The number of benzene rings is 3. The quantitative estimate of drug-likeness (QED) is 0.393. The molecular formula is C30H30F2N2O5. The highest BCUT2D eigenvalue weighted by Crippen LogP contribution is 2.36. The fourth-order valence-electron chi connectivity index (χ4n) is 5.33. The molecule has 0 saturated carbocycles. The Balaban J connectivity index is 1.28. The number of carboxylic acids is 1. The lowest BCUT2D eigenvalue weighted by molar-refractivity contribution is 0.0442. The van der Waals surface area contributed by atoms with Gasteiger partial charge in [0, 0.05) is 30.8 Å². The van der Waals surface area contributed by atoms with Gasteiger partial charge >= 0.3 is 12.1 Å². The largest absolute Gasteiger partial charge is 0.494 e. The van der Waals surface area contributed by atoms with E-state index in [9.17, 15) is 18.4 Å². The molecule has 9 heteroatoms. The molecule has 5 rings (SSSR count). The molecule has 2 heterocycles. The van der Waals surface area contributed by atoms with Gasteiger partial charge in [-0.3, -0.25) is 9.80 Å². The number of aromatic carboxylic acids is 1. The van der Waals surface area contributed by atoms with E-state index in [0.29, 0.717) is 56.1 Å². The predicted octanol–water partition coefficient (Wildman–Crippen LogP) is 6.11. The number of anilines is 1. The highest BCUT2D eigenvalue weighted by atomic mass is 19.2. The number of nitrogens with zero attached hydrogens (tertiary/aromatic N) is 2. The molecule has 1 amide bonds. The van der Waals surface area contributed by atoms with E-state index >= 15 is 0 Å². The number of halogens is 2. The van der Waals surface area contributed by atoms with E-state index in [0.717, 1.165) is 12.0 Å². The van der Waals surface area contributed by atoms with E-state index in [1.165, 1.54) is 23.1 Å². The Kier molecular flexibility index (Phi) is 7.52. The number of hydrogen-bond acceptors (Lipinski definition) is 5. The molecule has 3 aromatic carbocycles. The van der Waals surface area contributed by atoms with Gasteiger partial charge in [-0.25, -0.2) is 18.4 Å². The van der Waals surface area contributed by atoms with Crippen LogP contribution in [0.2, 0.25) is 0 Å². The van der Waals surface area contributed by atoms with Gasteiger partial charge in [0.15, 0.2) is 11.6 Å². The third kappa shape index (κ3) is 5.73. The van der Waals surface area contributed by atoms with E-state index in [2.05, 4.69) is 4.90 Å². The zero-order valence-corrected chi connectivity index (χ0v) is 21.7. The number of amides is 1. The molecule has 2 aliphatic rings. The summed E-state index contributed by atoms with van der Waals surface area (Å²) >= 11 is 0.